The van der Waals surface area contributed by atoms with Gasteiger partial charge in [0.25, 0.3) is 0 Å². The molecule has 1 fully saturated rings. The molecule has 1 saturated carbocycles. The van der Waals surface area contributed by atoms with Crippen molar-refractivity contribution in [3.05, 3.63) is 42.4 Å². The predicted molar refractivity (Wildman–Crippen MR) is 42.1 cm³/mol. The highest BCUT2D eigenvalue weighted by Crippen LogP contribution is 2.37. The quantitative estimate of drug-likeness (QED) is 0.472. The Bertz CT molecular complexity index is 218. The van der Waals surface area contributed by atoms with Crippen molar-refractivity contribution in [3.8, 4) is 0 Å². The Labute approximate surface area is 61.9 Å². The number of hydrogen-bond donors (Lipinski definition) is 0. The number of rotatable bonds is 0. The standard InChI is InChI=1S/C10H10/c1-8-6-7-9-4-2-3-5-10(8)9/h1-3,5-6,9H,4,7H2. The summed E-state index contributed by atoms with van der Waals surface area (Å²) in [6.45, 7) is 5.75. The Morgan fingerprint density at radius 2 is 2.30 bits per heavy atom. The molecule has 10 heavy (non-hydrogen) atoms. The highest BCUT2D eigenvalue weighted by molar-refractivity contribution is 5.45. The summed E-state index contributed by atoms with van der Waals surface area (Å²) in [6.07, 6.45) is 10.9. The van der Waals surface area contributed by atoms with Crippen molar-refractivity contribution in [3.63, 3.8) is 0 Å². The lowest BCUT2D eigenvalue weighted by molar-refractivity contribution is 0.663. The number of allylic oxidation sites excluding steroid dienone is 5. The maximum Gasteiger partial charge on any atom is -0.00840 e. The number of hydrogen-bond acceptors (Lipinski definition) is 0. The first-order valence-electron chi connectivity index (χ1n) is 3.70. The molecule has 50 valence electrons. The van der Waals surface area contributed by atoms with Crippen molar-refractivity contribution in [2.75, 3.05) is 0 Å². The smallest absolute Gasteiger partial charge is 0.00840 e. The molecular weight excluding hydrogens is 120 g/mol. The molecule has 1 unspecified atom stereocenters. The first-order chi connectivity index (χ1) is 4.88. The van der Waals surface area contributed by atoms with Gasteiger partial charge in [0.15, 0.2) is 0 Å². The van der Waals surface area contributed by atoms with Crippen LogP contribution in [-0.2, 0) is 0 Å². The first-order valence-corrected chi connectivity index (χ1v) is 3.70. The molecule has 2 aliphatic carbocycles. The zero-order valence-corrected chi connectivity index (χ0v) is 5.88. The van der Waals surface area contributed by atoms with Crippen LogP contribution in [0.5, 0.6) is 0 Å². The Morgan fingerprint density at radius 3 is 3.10 bits per heavy atom. The summed E-state index contributed by atoms with van der Waals surface area (Å²) in [4.78, 5) is 0. The van der Waals surface area contributed by atoms with Crippen LogP contribution in [0.25, 0.3) is 0 Å². The van der Waals surface area contributed by atoms with E-state index in [-0.39, 0.29) is 0 Å². The van der Waals surface area contributed by atoms with Crippen molar-refractivity contribution in [1.29, 1.82) is 0 Å². The normalized spacial score (nSPS) is 30.2. The highest BCUT2D eigenvalue weighted by Gasteiger charge is 2.23. The lowest BCUT2D eigenvalue weighted by Gasteiger charge is -2.11. The fourth-order valence-electron chi connectivity index (χ4n) is 1.62. The van der Waals surface area contributed by atoms with Gasteiger partial charge in [-0.15, -0.1) is 0 Å². The SMILES string of the molecule is [CH]=C1[CH]CC2CC=CC=C12. The molecule has 0 nitrogen and oxygen atoms in total. The second-order valence-electron chi connectivity index (χ2n) is 2.88. The molecule has 0 amide bonds. The summed E-state index contributed by atoms with van der Waals surface area (Å²) in [5.41, 5.74) is 2.34. The molecule has 0 heteroatoms. The fraction of sp³-hybridized carbons (Fsp3) is 0.300. The van der Waals surface area contributed by atoms with Gasteiger partial charge in [0.05, 0.1) is 0 Å². The molecule has 0 N–H and O–H groups in total. The van der Waals surface area contributed by atoms with Gasteiger partial charge in [-0.05, 0) is 36.3 Å². The van der Waals surface area contributed by atoms with E-state index in [4.69, 9.17) is 6.58 Å². The Balaban J connectivity index is 2.33. The van der Waals surface area contributed by atoms with E-state index in [1.54, 1.807) is 0 Å². The molecule has 2 rings (SSSR count). The molecule has 0 aromatic carbocycles. The second kappa shape index (κ2) is 2.12. The van der Waals surface area contributed by atoms with Crippen LogP contribution in [0.4, 0.5) is 0 Å². The molecule has 0 saturated heterocycles. The minimum Gasteiger partial charge on any atom is -0.0839 e. The lowest BCUT2D eigenvalue weighted by Crippen LogP contribution is -1.97. The molecule has 0 spiro atoms. The zero-order valence-electron chi connectivity index (χ0n) is 5.88. The van der Waals surface area contributed by atoms with Crippen LogP contribution < -0.4 is 0 Å². The van der Waals surface area contributed by atoms with Crippen molar-refractivity contribution in [1.82, 2.24) is 0 Å². The topological polar surface area (TPSA) is 0 Å². The zero-order chi connectivity index (χ0) is 6.97. The van der Waals surface area contributed by atoms with Crippen molar-refractivity contribution in [2.24, 2.45) is 5.92 Å². The van der Waals surface area contributed by atoms with E-state index in [0.717, 1.165) is 12.0 Å². The molecule has 2 radical (unpaired) electrons. The Hall–Kier alpha value is -0.780. The molecule has 0 aromatic rings. The van der Waals surface area contributed by atoms with Gasteiger partial charge in [-0.2, -0.15) is 0 Å². The third-order valence-corrected chi connectivity index (χ3v) is 2.23. The summed E-state index contributed by atoms with van der Waals surface area (Å²) >= 11 is 0. The van der Waals surface area contributed by atoms with Crippen LogP contribution in [-0.4, -0.2) is 0 Å². The van der Waals surface area contributed by atoms with Gasteiger partial charge in [-0.3, -0.25) is 0 Å². The highest BCUT2D eigenvalue weighted by atomic mass is 14.3. The third kappa shape index (κ3) is 0.756. The fourth-order valence-corrected chi connectivity index (χ4v) is 1.62. The molecule has 0 aromatic heterocycles. The van der Waals surface area contributed by atoms with Crippen LogP contribution in [0.15, 0.2) is 29.4 Å². The third-order valence-electron chi connectivity index (χ3n) is 2.23. The predicted octanol–water partition coefficient (Wildman–Crippen LogP) is 2.46. The monoisotopic (exact) mass is 130 g/mol. The van der Waals surface area contributed by atoms with Gasteiger partial charge >= 0.3 is 0 Å². The van der Waals surface area contributed by atoms with Gasteiger partial charge in [0.1, 0.15) is 0 Å². The summed E-state index contributed by atoms with van der Waals surface area (Å²) in [5, 5.41) is 0. The van der Waals surface area contributed by atoms with Crippen molar-refractivity contribution < 1.29 is 0 Å². The van der Waals surface area contributed by atoms with Gasteiger partial charge < -0.3 is 0 Å². The van der Waals surface area contributed by atoms with E-state index in [1.165, 1.54) is 12.0 Å². The molecule has 0 aliphatic heterocycles. The first kappa shape index (κ1) is 5.96. The maximum atomic E-state index is 5.75. The van der Waals surface area contributed by atoms with E-state index in [2.05, 4.69) is 24.6 Å². The van der Waals surface area contributed by atoms with E-state index in [1.807, 2.05) is 0 Å². The summed E-state index contributed by atoms with van der Waals surface area (Å²) in [5.74, 6) is 0.699. The minimum absolute atomic E-state index is 0.699. The molecular formula is C10H10. The van der Waals surface area contributed by atoms with Crippen LogP contribution >= 0.6 is 0 Å². The maximum absolute atomic E-state index is 5.75. The lowest BCUT2D eigenvalue weighted by atomic mass is 9.94. The van der Waals surface area contributed by atoms with Crippen molar-refractivity contribution in [2.45, 2.75) is 12.8 Å². The van der Waals surface area contributed by atoms with E-state index in [0.29, 0.717) is 5.92 Å². The average Bonchev–Trinajstić information content (AvgIpc) is 2.34. The van der Waals surface area contributed by atoms with Crippen LogP contribution in [0, 0.1) is 18.9 Å². The molecule has 2 aliphatic rings. The summed E-state index contributed by atoms with van der Waals surface area (Å²) in [7, 11) is 0. The minimum atomic E-state index is 0.699. The van der Waals surface area contributed by atoms with E-state index >= 15 is 0 Å². The summed E-state index contributed by atoms with van der Waals surface area (Å²) in [6, 6.07) is 0. The molecule has 1 atom stereocenters. The largest absolute Gasteiger partial charge is 0.0839 e. The van der Waals surface area contributed by atoms with Gasteiger partial charge in [-0.25, -0.2) is 0 Å². The van der Waals surface area contributed by atoms with Crippen LogP contribution in [0.1, 0.15) is 12.8 Å². The average molecular weight is 130 g/mol. The van der Waals surface area contributed by atoms with Crippen molar-refractivity contribution >= 4 is 0 Å². The summed E-state index contributed by atoms with van der Waals surface area (Å²) < 4.78 is 0. The van der Waals surface area contributed by atoms with Gasteiger partial charge in [0.2, 0.25) is 0 Å². The van der Waals surface area contributed by atoms with E-state index < -0.39 is 0 Å². The second-order valence-corrected chi connectivity index (χ2v) is 2.88. The van der Waals surface area contributed by atoms with Gasteiger partial charge in [0, 0.05) is 0 Å². The van der Waals surface area contributed by atoms with Gasteiger partial charge in [-0.1, -0.05) is 24.8 Å². The molecule has 0 bridgehead atoms. The molecule has 0 heterocycles. The van der Waals surface area contributed by atoms with E-state index in [9.17, 15) is 0 Å². The van der Waals surface area contributed by atoms with Crippen LogP contribution in [0.2, 0.25) is 0 Å². The Morgan fingerprint density at radius 1 is 1.40 bits per heavy atom. The van der Waals surface area contributed by atoms with Crippen LogP contribution in [0.3, 0.4) is 0 Å². The number of fused-ring (bicyclic) bond motifs is 1. The Kier molecular flexibility index (Phi) is 1.26.